The van der Waals surface area contributed by atoms with E-state index in [9.17, 15) is 0 Å². The van der Waals surface area contributed by atoms with Crippen LogP contribution < -0.4 is 0 Å². The molecule has 0 amide bonds. The first-order valence-electron chi connectivity index (χ1n) is 3.43. The molecule has 0 atom stereocenters. The zero-order valence-corrected chi connectivity index (χ0v) is 8.70. The molecular formula is C7H4BrClN4. The predicted molar refractivity (Wildman–Crippen MR) is 51.9 cm³/mol. The summed E-state index contributed by atoms with van der Waals surface area (Å²) in [5.74, 6) is 0.544. The van der Waals surface area contributed by atoms with Gasteiger partial charge in [-0.1, -0.05) is 11.6 Å². The molecule has 66 valence electrons. The number of aromatic nitrogens is 4. The number of halogens is 2. The second-order valence-corrected chi connectivity index (χ2v) is 3.55. The largest absolute Gasteiger partial charge is 0.273 e. The lowest BCUT2D eigenvalue weighted by atomic mass is 10.6. The molecule has 0 saturated carbocycles. The van der Waals surface area contributed by atoms with Gasteiger partial charge in [-0.15, -0.1) is 0 Å². The molecule has 0 spiro atoms. The Morgan fingerprint density at radius 3 is 2.46 bits per heavy atom. The molecule has 2 aromatic rings. The molecule has 0 saturated heterocycles. The SMILES string of the molecule is Clc1cnc(-n2cnc(Br)c2)nc1. The minimum atomic E-state index is 0.517. The highest BCUT2D eigenvalue weighted by Gasteiger charge is 2.00. The molecule has 2 rings (SSSR count). The summed E-state index contributed by atoms with van der Waals surface area (Å²) >= 11 is 8.88. The van der Waals surface area contributed by atoms with Crippen molar-refractivity contribution in [1.82, 2.24) is 19.5 Å². The molecule has 0 unspecified atom stereocenters. The van der Waals surface area contributed by atoms with Gasteiger partial charge in [-0.2, -0.15) is 0 Å². The summed E-state index contributed by atoms with van der Waals surface area (Å²) < 4.78 is 2.44. The molecule has 4 nitrogen and oxygen atoms in total. The van der Waals surface area contributed by atoms with Crippen LogP contribution in [0.4, 0.5) is 0 Å². The number of hydrogen-bond donors (Lipinski definition) is 0. The van der Waals surface area contributed by atoms with Crippen molar-refractivity contribution in [2.45, 2.75) is 0 Å². The Labute approximate surface area is 87.7 Å². The van der Waals surface area contributed by atoms with Crippen molar-refractivity contribution < 1.29 is 0 Å². The Bertz CT molecular complexity index is 411. The zero-order chi connectivity index (χ0) is 9.26. The highest BCUT2D eigenvalue weighted by Crippen LogP contribution is 2.09. The van der Waals surface area contributed by atoms with Gasteiger partial charge in [-0.3, -0.25) is 4.57 Å². The van der Waals surface area contributed by atoms with E-state index < -0.39 is 0 Å². The van der Waals surface area contributed by atoms with Gasteiger partial charge in [0.05, 0.1) is 17.4 Å². The van der Waals surface area contributed by atoms with Crippen molar-refractivity contribution in [2.75, 3.05) is 0 Å². The molecule has 0 radical (unpaired) electrons. The molecule has 0 fully saturated rings. The predicted octanol–water partition coefficient (Wildman–Crippen LogP) is 2.08. The van der Waals surface area contributed by atoms with E-state index in [1.54, 1.807) is 17.1 Å². The minimum Gasteiger partial charge on any atom is -0.273 e. The maximum atomic E-state index is 5.65. The van der Waals surface area contributed by atoms with Gasteiger partial charge in [0, 0.05) is 6.20 Å². The summed E-state index contributed by atoms with van der Waals surface area (Å²) in [4.78, 5) is 12.0. The molecule has 0 bridgehead atoms. The second kappa shape index (κ2) is 3.43. The van der Waals surface area contributed by atoms with Crippen molar-refractivity contribution >= 4 is 27.5 Å². The highest BCUT2D eigenvalue weighted by molar-refractivity contribution is 9.10. The second-order valence-electron chi connectivity index (χ2n) is 2.30. The topological polar surface area (TPSA) is 43.6 Å². The van der Waals surface area contributed by atoms with E-state index in [0.29, 0.717) is 11.0 Å². The molecule has 0 aliphatic carbocycles. The van der Waals surface area contributed by atoms with Gasteiger partial charge < -0.3 is 0 Å². The van der Waals surface area contributed by atoms with Gasteiger partial charge in [0.25, 0.3) is 0 Å². The van der Waals surface area contributed by atoms with Crippen LogP contribution in [0.1, 0.15) is 0 Å². The van der Waals surface area contributed by atoms with Crippen LogP contribution in [0.3, 0.4) is 0 Å². The Morgan fingerprint density at radius 2 is 1.92 bits per heavy atom. The first-order chi connectivity index (χ1) is 6.25. The first kappa shape index (κ1) is 8.65. The highest BCUT2D eigenvalue weighted by atomic mass is 79.9. The molecule has 2 aromatic heterocycles. The Hall–Kier alpha value is -0.940. The fourth-order valence-corrected chi connectivity index (χ4v) is 1.26. The van der Waals surface area contributed by atoms with E-state index in [-0.39, 0.29) is 0 Å². The van der Waals surface area contributed by atoms with Gasteiger partial charge >= 0.3 is 0 Å². The van der Waals surface area contributed by atoms with Crippen LogP contribution in [-0.4, -0.2) is 19.5 Å². The van der Waals surface area contributed by atoms with Crippen LogP contribution in [-0.2, 0) is 0 Å². The van der Waals surface area contributed by atoms with Gasteiger partial charge in [-0.25, -0.2) is 15.0 Å². The molecular weight excluding hydrogens is 255 g/mol. The van der Waals surface area contributed by atoms with Crippen LogP contribution >= 0.6 is 27.5 Å². The fraction of sp³-hybridized carbons (Fsp3) is 0. The van der Waals surface area contributed by atoms with Crippen LogP contribution in [0.15, 0.2) is 29.5 Å². The first-order valence-corrected chi connectivity index (χ1v) is 4.60. The molecule has 0 aliphatic heterocycles. The van der Waals surface area contributed by atoms with E-state index >= 15 is 0 Å². The Kier molecular flexibility index (Phi) is 2.28. The molecule has 0 N–H and O–H groups in total. The van der Waals surface area contributed by atoms with Gasteiger partial charge in [0.15, 0.2) is 0 Å². The monoisotopic (exact) mass is 258 g/mol. The summed E-state index contributed by atoms with van der Waals surface area (Å²) in [5, 5.41) is 0.517. The molecule has 13 heavy (non-hydrogen) atoms. The van der Waals surface area contributed by atoms with Gasteiger partial charge in [0.1, 0.15) is 10.9 Å². The quantitative estimate of drug-likeness (QED) is 0.787. The summed E-state index contributed by atoms with van der Waals surface area (Å²) in [5.41, 5.74) is 0. The average Bonchev–Trinajstić information content (AvgIpc) is 2.53. The van der Waals surface area contributed by atoms with Crippen molar-refractivity contribution in [2.24, 2.45) is 0 Å². The lowest BCUT2D eigenvalue weighted by molar-refractivity contribution is 0.925. The minimum absolute atomic E-state index is 0.517. The van der Waals surface area contributed by atoms with Crippen molar-refractivity contribution in [1.29, 1.82) is 0 Å². The van der Waals surface area contributed by atoms with Crippen LogP contribution in [0.2, 0.25) is 5.02 Å². The molecule has 6 heteroatoms. The third kappa shape index (κ3) is 1.87. The normalized spacial score (nSPS) is 10.3. The van der Waals surface area contributed by atoms with E-state index in [1.165, 1.54) is 12.4 Å². The van der Waals surface area contributed by atoms with E-state index in [4.69, 9.17) is 11.6 Å². The lowest BCUT2D eigenvalue weighted by Crippen LogP contribution is -1.96. The van der Waals surface area contributed by atoms with E-state index in [2.05, 4.69) is 30.9 Å². The maximum absolute atomic E-state index is 5.65. The number of rotatable bonds is 1. The zero-order valence-electron chi connectivity index (χ0n) is 6.35. The number of nitrogens with zero attached hydrogens (tertiary/aromatic N) is 4. The van der Waals surface area contributed by atoms with Crippen LogP contribution in [0.5, 0.6) is 0 Å². The third-order valence-corrected chi connectivity index (χ3v) is 1.99. The summed E-state index contributed by atoms with van der Waals surface area (Å²) in [6.07, 6.45) is 6.46. The van der Waals surface area contributed by atoms with Gasteiger partial charge in [-0.05, 0) is 15.9 Å². The average molecular weight is 259 g/mol. The van der Waals surface area contributed by atoms with Crippen molar-refractivity contribution in [3.05, 3.63) is 34.5 Å². The summed E-state index contributed by atoms with van der Waals surface area (Å²) in [7, 11) is 0. The summed E-state index contributed by atoms with van der Waals surface area (Å²) in [6.45, 7) is 0. The molecule has 0 aromatic carbocycles. The molecule has 2 heterocycles. The standard InChI is InChI=1S/C7H4BrClN4/c8-6-3-13(4-12-6)7-10-1-5(9)2-11-7/h1-4H. The molecule has 0 aliphatic rings. The summed E-state index contributed by atoms with van der Waals surface area (Å²) in [6, 6.07) is 0. The number of hydrogen-bond acceptors (Lipinski definition) is 3. The number of imidazole rings is 1. The Morgan fingerprint density at radius 1 is 1.23 bits per heavy atom. The van der Waals surface area contributed by atoms with E-state index in [0.717, 1.165) is 4.60 Å². The van der Waals surface area contributed by atoms with Crippen LogP contribution in [0, 0.1) is 0 Å². The Balaban J connectivity index is 2.41. The van der Waals surface area contributed by atoms with Gasteiger partial charge in [0.2, 0.25) is 5.95 Å². The van der Waals surface area contributed by atoms with Crippen LogP contribution in [0.25, 0.3) is 5.95 Å². The maximum Gasteiger partial charge on any atom is 0.234 e. The third-order valence-electron chi connectivity index (χ3n) is 1.39. The van der Waals surface area contributed by atoms with Crippen molar-refractivity contribution in [3.8, 4) is 5.95 Å². The lowest BCUT2D eigenvalue weighted by Gasteiger charge is -1.97. The fourth-order valence-electron chi connectivity index (χ4n) is 0.847. The van der Waals surface area contributed by atoms with Crippen molar-refractivity contribution in [3.63, 3.8) is 0 Å². The smallest absolute Gasteiger partial charge is 0.234 e. The van der Waals surface area contributed by atoms with E-state index in [1.807, 2.05) is 0 Å².